The zero-order valence-electron chi connectivity index (χ0n) is 17.9. The number of aryl methyl sites for hydroxylation is 3. The van der Waals surface area contributed by atoms with Gasteiger partial charge >= 0.3 is 0 Å². The van der Waals surface area contributed by atoms with E-state index in [0.29, 0.717) is 17.6 Å². The fraction of sp³-hybridized carbons (Fsp3) is 0.172. The molecule has 0 atom stereocenters. The minimum atomic E-state index is -0.182. The molecule has 0 radical (unpaired) electrons. The van der Waals surface area contributed by atoms with Crippen molar-refractivity contribution >= 4 is 10.8 Å². The molecule has 156 valence electrons. The second-order valence-corrected chi connectivity index (χ2v) is 7.78. The number of benzene rings is 4. The molecule has 0 aliphatic rings. The predicted molar refractivity (Wildman–Crippen MR) is 128 cm³/mol. The standard InChI is InChI=1S/C29H27FO/c1-3-19-31-26-15-12-24(13-16-26)27-18-14-25-20-23(11-17-28(25)29(27)30)10-9-22-7-5-21(4-2)6-8-22/h3,5-8,11-18,20H,1,4,9-10,19H2,2H3. The maximum atomic E-state index is 15.3. The Morgan fingerprint density at radius 3 is 2.19 bits per heavy atom. The predicted octanol–water partition coefficient (Wildman–Crippen LogP) is 7.56. The molecular formula is C29H27FO. The van der Waals surface area contributed by atoms with Gasteiger partial charge < -0.3 is 4.74 Å². The number of halogens is 1. The molecule has 0 aliphatic carbocycles. The van der Waals surface area contributed by atoms with Gasteiger partial charge in [0.2, 0.25) is 0 Å². The average Bonchev–Trinajstić information content (AvgIpc) is 2.82. The lowest BCUT2D eigenvalue weighted by Gasteiger charge is -2.10. The molecule has 2 heteroatoms. The number of hydrogen-bond acceptors (Lipinski definition) is 1. The van der Waals surface area contributed by atoms with Crippen molar-refractivity contribution in [3.8, 4) is 16.9 Å². The van der Waals surface area contributed by atoms with Gasteiger partial charge in [0.25, 0.3) is 0 Å². The maximum Gasteiger partial charge on any atom is 0.138 e. The van der Waals surface area contributed by atoms with E-state index in [1.807, 2.05) is 48.5 Å². The van der Waals surface area contributed by atoms with E-state index in [1.54, 1.807) is 6.08 Å². The second kappa shape index (κ2) is 9.61. The van der Waals surface area contributed by atoms with Crippen LogP contribution in [0.3, 0.4) is 0 Å². The van der Waals surface area contributed by atoms with E-state index >= 15 is 4.39 Å². The van der Waals surface area contributed by atoms with Gasteiger partial charge in [0.1, 0.15) is 18.2 Å². The highest BCUT2D eigenvalue weighted by Crippen LogP contribution is 2.31. The largest absolute Gasteiger partial charge is 0.490 e. The first-order valence-corrected chi connectivity index (χ1v) is 10.8. The molecule has 4 aromatic rings. The highest BCUT2D eigenvalue weighted by atomic mass is 19.1. The molecule has 0 N–H and O–H groups in total. The summed E-state index contributed by atoms with van der Waals surface area (Å²) in [6.45, 7) is 6.27. The van der Waals surface area contributed by atoms with Gasteiger partial charge in [-0.3, -0.25) is 0 Å². The summed E-state index contributed by atoms with van der Waals surface area (Å²) in [6, 6.07) is 26.2. The highest BCUT2D eigenvalue weighted by Gasteiger charge is 2.10. The smallest absolute Gasteiger partial charge is 0.138 e. The number of fused-ring (bicyclic) bond motifs is 1. The molecule has 0 aliphatic heterocycles. The Bertz CT molecular complexity index is 1170. The SMILES string of the molecule is C=CCOc1ccc(-c2ccc3cc(CCc4ccc(CC)cc4)ccc3c2F)cc1. The van der Waals surface area contributed by atoms with Gasteiger partial charge in [0, 0.05) is 10.9 Å². The summed E-state index contributed by atoms with van der Waals surface area (Å²) in [5, 5.41) is 1.59. The number of hydrogen-bond donors (Lipinski definition) is 0. The van der Waals surface area contributed by atoms with Crippen molar-refractivity contribution in [2.24, 2.45) is 0 Å². The maximum absolute atomic E-state index is 15.3. The Labute approximate surface area is 183 Å². The van der Waals surface area contributed by atoms with Crippen molar-refractivity contribution in [3.63, 3.8) is 0 Å². The van der Waals surface area contributed by atoms with Gasteiger partial charge in [-0.2, -0.15) is 0 Å². The van der Waals surface area contributed by atoms with Crippen LogP contribution in [0.15, 0.2) is 91.5 Å². The normalized spacial score (nSPS) is 10.9. The van der Waals surface area contributed by atoms with Crippen molar-refractivity contribution in [2.75, 3.05) is 6.61 Å². The summed E-state index contributed by atoms with van der Waals surface area (Å²) >= 11 is 0. The Morgan fingerprint density at radius 2 is 1.48 bits per heavy atom. The highest BCUT2D eigenvalue weighted by molar-refractivity contribution is 5.88. The molecule has 31 heavy (non-hydrogen) atoms. The quantitative estimate of drug-likeness (QED) is 0.272. The van der Waals surface area contributed by atoms with Crippen LogP contribution in [0, 0.1) is 5.82 Å². The molecular weight excluding hydrogens is 383 g/mol. The first-order chi connectivity index (χ1) is 15.2. The van der Waals surface area contributed by atoms with E-state index in [2.05, 4.69) is 43.8 Å². The Hall–Kier alpha value is -3.39. The molecule has 0 unspecified atom stereocenters. The summed E-state index contributed by atoms with van der Waals surface area (Å²) in [7, 11) is 0. The van der Waals surface area contributed by atoms with Crippen LogP contribution in [-0.4, -0.2) is 6.61 Å². The second-order valence-electron chi connectivity index (χ2n) is 7.78. The summed E-state index contributed by atoms with van der Waals surface area (Å²) in [4.78, 5) is 0. The van der Waals surface area contributed by atoms with Gasteiger partial charge in [-0.1, -0.05) is 86.3 Å². The molecule has 0 amide bonds. The summed E-state index contributed by atoms with van der Waals surface area (Å²) in [5.41, 5.74) is 5.36. The molecule has 0 saturated carbocycles. The lowest BCUT2D eigenvalue weighted by atomic mass is 9.97. The molecule has 0 heterocycles. The van der Waals surface area contributed by atoms with Crippen LogP contribution < -0.4 is 4.74 Å². The zero-order chi connectivity index (χ0) is 21.6. The molecule has 4 rings (SSSR count). The fourth-order valence-corrected chi connectivity index (χ4v) is 3.84. The van der Waals surface area contributed by atoms with Gasteiger partial charge in [-0.15, -0.1) is 0 Å². The van der Waals surface area contributed by atoms with Crippen molar-refractivity contribution < 1.29 is 9.13 Å². The first-order valence-electron chi connectivity index (χ1n) is 10.8. The van der Waals surface area contributed by atoms with E-state index in [1.165, 1.54) is 16.7 Å². The molecule has 0 saturated heterocycles. The monoisotopic (exact) mass is 410 g/mol. The summed E-state index contributed by atoms with van der Waals surface area (Å²) < 4.78 is 20.8. The summed E-state index contributed by atoms with van der Waals surface area (Å²) in [6.07, 6.45) is 4.69. The topological polar surface area (TPSA) is 9.23 Å². The van der Waals surface area contributed by atoms with Gasteiger partial charge in [-0.25, -0.2) is 4.39 Å². The van der Waals surface area contributed by atoms with Crippen molar-refractivity contribution in [3.05, 3.63) is 114 Å². The van der Waals surface area contributed by atoms with E-state index in [9.17, 15) is 0 Å². The van der Waals surface area contributed by atoms with Crippen LogP contribution in [0.25, 0.3) is 21.9 Å². The molecule has 0 bridgehead atoms. The lowest BCUT2D eigenvalue weighted by molar-refractivity contribution is 0.363. The van der Waals surface area contributed by atoms with E-state index in [0.717, 1.165) is 36.0 Å². The average molecular weight is 411 g/mol. The van der Waals surface area contributed by atoms with Crippen LogP contribution >= 0.6 is 0 Å². The third-order valence-electron chi connectivity index (χ3n) is 5.69. The Balaban J connectivity index is 1.52. The number of ether oxygens (including phenoxy) is 1. The van der Waals surface area contributed by atoms with Gasteiger partial charge in [0.15, 0.2) is 0 Å². The summed E-state index contributed by atoms with van der Waals surface area (Å²) in [5.74, 6) is 0.567. The third-order valence-corrected chi connectivity index (χ3v) is 5.69. The van der Waals surface area contributed by atoms with Gasteiger partial charge in [-0.05, 0) is 59.0 Å². The van der Waals surface area contributed by atoms with Crippen LogP contribution in [0.2, 0.25) is 0 Å². The number of rotatable bonds is 8. The lowest BCUT2D eigenvalue weighted by Crippen LogP contribution is -1.94. The van der Waals surface area contributed by atoms with E-state index in [4.69, 9.17) is 4.74 Å². The molecule has 0 fully saturated rings. The van der Waals surface area contributed by atoms with Gasteiger partial charge in [0.05, 0.1) is 0 Å². The molecule has 0 spiro atoms. The van der Waals surface area contributed by atoms with E-state index < -0.39 is 0 Å². The Kier molecular flexibility index (Phi) is 6.47. The minimum absolute atomic E-state index is 0.182. The fourth-order valence-electron chi connectivity index (χ4n) is 3.84. The Morgan fingerprint density at radius 1 is 0.806 bits per heavy atom. The minimum Gasteiger partial charge on any atom is -0.490 e. The van der Waals surface area contributed by atoms with Crippen LogP contribution in [0.5, 0.6) is 5.75 Å². The first kappa shape index (κ1) is 20.9. The molecule has 1 nitrogen and oxygen atoms in total. The van der Waals surface area contributed by atoms with Crippen LogP contribution in [-0.2, 0) is 19.3 Å². The van der Waals surface area contributed by atoms with Crippen molar-refractivity contribution in [2.45, 2.75) is 26.2 Å². The van der Waals surface area contributed by atoms with Crippen LogP contribution in [0.1, 0.15) is 23.6 Å². The van der Waals surface area contributed by atoms with Crippen molar-refractivity contribution in [1.29, 1.82) is 0 Å². The van der Waals surface area contributed by atoms with E-state index in [-0.39, 0.29) is 5.82 Å². The third kappa shape index (κ3) is 4.86. The molecule has 4 aromatic carbocycles. The molecule has 0 aromatic heterocycles. The van der Waals surface area contributed by atoms with Crippen molar-refractivity contribution in [1.82, 2.24) is 0 Å². The zero-order valence-corrected chi connectivity index (χ0v) is 17.9. The van der Waals surface area contributed by atoms with Crippen LogP contribution in [0.4, 0.5) is 4.39 Å².